The molecule has 2 heterocycles. The Morgan fingerprint density at radius 2 is 2.50 bits per heavy atom. The Bertz CT molecular complexity index is 481. The zero-order chi connectivity index (χ0) is 9.97. The molecule has 0 fully saturated rings. The monoisotopic (exact) mass is 186 g/mol. The van der Waals surface area contributed by atoms with Crippen LogP contribution in [0.4, 0.5) is 0 Å². The van der Waals surface area contributed by atoms with E-state index < -0.39 is 6.10 Å². The molecule has 0 aliphatic rings. The molecule has 0 saturated heterocycles. The summed E-state index contributed by atoms with van der Waals surface area (Å²) in [6, 6.07) is 3.80. The number of fused-ring (bicyclic) bond motifs is 1. The van der Waals surface area contributed by atoms with Crippen molar-refractivity contribution in [3.05, 3.63) is 30.1 Å². The van der Waals surface area contributed by atoms with Crippen LogP contribution in [0.5, 0.6) is 0 Å². The summed E-state index contributed by atoms with van der Waals surface area (Å²) in [5.41, 5.74) is 1.58. The van der Waals surface area contributed by atoms with Gasteiger partial charge in [-0.25, -0.2) is 4.98 Å². The smallest absolute Gasteiger partial charge is 0.137 e. The van der Waals surface area contributed by atoms with Crippen molar-refractivity contribution in [2.45, 2.75) is 12.5 Å². The van der Waals surface area contributed by atoms with Gasteiger partial charge in [-0.3, -0.25) is 0 Å². The van der Waals surface area contributed by atoms with E-state index >= 15 is 0 Å². The van der Waals surface area contributed by atoms with Gasteiger partial charge >= 0.3 is 0 Å². The molecule has 0 bridgehead atoms. The highest BCUT2D eigenvalue weighted by molar-refractivity contribution is 5.75. The first kappa shape index (κ1) is 8.79. The van der Waals surface area contributed by atoms with Crippen molar-refractivity contribution in [1.82, 2.24) is 9.97 Å². The van der Waals surface area contributed by atoms with Crippen LogP contribution < -0.4 is 0 Å². The van der Waals surface area contributed by atoms with E-state index in [-0.39, 0.29) is 0 Å². The number of aromatic amines is 1. The van der Waals surface area contributed by atoms with Crippen molar-refractivity contribution in [3.8, 4) is 12.3 Å². The van der Waals surface area contributed by atoms with Crippen LogP contribution in [0.2, 0.25) is 0 Å². The maximum absolute atomic E-state index is 9.62. The fourth-order valence-corrected chi connectivity index (χ4v) is 1.37. The molecule has 0 amide bonds. The molecule has 0 aromatic carbocycles. The second kappa shape index (κ2) is 3.52. The molecule has 2 aromatic rings. The fourth-order valence-electron chi connectivity index (χ4n) is 1.37. The van der Waals surface area contributed by atoms with Gasteiger partial charge in [0.25, 0.3) is 0 Å². The summed E-state index contributed by atoms with van der Waals surface area (Å²) >= 11 is 0. The third kappa shape index (κ3) is 1.48. The minimum absolute atomic E-state index is 0.317. The van der Waals surface area contributed by atoms with Crippen LogP contribution in [0.3, 0.4) is 0 Å². The molecule has 0 aliphatic heterocycles. The summed E-state index contributed by atoms with van der Waals surface area (Å²) in [6.45, 7) is 0. The van der Waals surface area contributed by atoms with Gasteiger partial charge in [-0.15, -0.1) is 12.3 Å². The third-order valence-electron chi connectivity index (χ3n) is 2.12. The number of terminal acetylenes is 1. The average Bonchev–Trinajstić information content (AvgIpc) is 2.64. The first-order valence-corrected chi connectivity index (χ1v) is 4.36. The zero-order valence-electron chi connectivity index (χ0n) is 7.57. The van der Waals surface area contributed by atoms with E-state index in [9.17, 15) is 5.11 Å². The largest absolute Gasteiger partial charge is 0.387 e. The fraction of sp³-hybridized carbons (Fsp3) is 0.182. The van der Waals surface area contributed by atoms with Crippen LogP contribution in [-0.2, 0) is 0 Å². The molecule has 2 aromatic heterocycles. The van der Waals surface area contributed by atoms with Gasteiger partial charge < -0.3 is 10.1 Å². The average molecular weight is 186 g/mol. The van der Waals surface area contributed by atoms with Gasteiger partial charge in [0.2, 0.25) is 0 Å². The van der Waals surface area contributed by atoms with Gasteiger partial charge in [-0.05, 0) is 12.1 Å². The van der Waals surface area contributed by atoms with Gasteiger partial charge in [0.15, 0.2) is 0 Å². The number of nitrogens with zero attached hydrogens (tertiary/aromatic N) is 1. The Kier molecular flexibility index (Phi) is 2.21. The summed E-state index contributed by atoms with van der Waals surface area (Å²) in [6.07, 6.45) is 8.28. The minimum atomic E-state index is -0.619. The summed E-state index contributed by atoms with van der Waals surface area (Å²) in [5.74, 6) is 2.42. The van der Waals surface area contributed by atoms with Crippen molar-refractivity contribution >= 4 is 11.0 Å². The van der Waals surface area contributed by atoms with Gasteiger partial charge in [0, 0.05) is 29.8 Å². The summed E-state index contributed by atoms with van der Waals surface area (Å²) in [4.78, 5) is 7.14. The van der Waals surface area contributed by atoms with E-state index in [0.717, 1.165) is 16.6 Å². The number of rotatable bonds is 2. The second-order valence-corrected chi connectivity index (χ2v) is 3.11. The van der Waals surface area contributed by atoms with Crippen LogP contribution in [0.25, 0.3) is 11.0 Å². The Labute approximate surface area is 81.8 Å². The number of hydrogen-bond acceptors (Lipinski definition) is 2. The lowest BCUT2D eigenvalue weighted by Gasteiger charge is -2.06. The Morgan fingerprint density at radius 1 is 1.64 bits per heavy atom. The molecular formula is C11H10N2O. The third-order valence-corrected chi connectivity index (χ3v) is 2.12. The predicted octanol–water partition coefficient (Wildman–Crippen LogP) is 1.62. The van der Waals surface area contributed by atoms with Gasteiger partial charge in [-0.1, -0.05) is 0 Å². The van der Waals surface area contributed by atoms with E-state index in [0.29, 0.717) is 6.42 Å². The number of aliphatic hydroxyl groups is 1. The minimum Gasteiger partial charge on any atom is -0.387 e. The molecule has 2 N–H and O–H groups in total. The van der Waals surface area contributed by atoms with E-state index in [1.54, 1.807) is 6.20 Å². The Hall–Kier alpha value is -1.79. The summed E-state index contributed by atoms with van der Waals surface area (Å²) in [5, 5.41) is 10.6. The molecule has 0 saturated carbocycles. The van der Waals surface area contributed by atoms with E-state index in [1.165, 1.54) is 0 Å². The number of aliphatic hydroxyl groups excluding tert-OH is 1. The van der Waals surface area contributed by atoms with Gasteiger partial charge in [-0.2, -0.15) is 0 Å². The first-order valence-electron chi connectivity index (χ1n) is 4.36. The molecule has 0 radical (unpaired) electrons. The zero-order valence-corrected chi connectivity index (χ0v) is 7.57. The van der Waals surface area contributed by atoms with Crippen molar-refractivity contribution in [2.24, 2.45) is 0 Å². The lowest BCUT2D eigenvalue weighted by molar-refractivity contribution is 0.184. The second-order valence-electron chi connectivity index (χ2n) is 3.11. The van der Waals surface area contributed by atoms with E-state index in [1.807, 2.05) is 18.3 Å². The van der Waals surface area contributed by atoms with Crippen molar-refractivity contribution in [1.29, 1.82) is 0 Å². The Balaban J connectivity index is 2.39. The van der Waals surface area contributed by atoms with Crippen LogP contribution in [0.15, 0.2) is 24.5 Å². The van der Waals surface area contributed by atoms with Crippen LogP contribution in [0.1, 0.15) is 18.1 Å². The molecule has 0 spiro atoms. The summed E-state index contributed by atoms with van der Waals surface area (Å²) in [7, 11) is 0. The van der Waals surface area contributed by atoms with Crippen LogP contribution in [0, 0.1) is 12.3 Å². The first-order chi connectivity index (χ1) is 6.81. The highest BCUT2D eigenvalue weighted by Gasteiger charge is 2.07. The lowest BCUT2D eigenvalue weighted by atomic mass is 10.1. The molecular weight excluding hydrogens is 176 g/mol. The molecule has 14 heavy (non-hydrogen) atoms. The number of aromatic nitrogens is 2. The van der Waals surface area contributed by atoms with Gasteiger partial charge in [0.05, 0.1) is 6.10 Å². The van der Waals surface area contributed by atoms with Crippen molar-refractivity contribution in [3.63, 3.8) is 0 Å². The molecule has 1 unspecified atom stereocenters. The van der Waals surface area contributed by atoms with Crippen LogP contribution in [-0.4, -0.2) is 15.1 Å². The highest BCUT2D eigenvalue weighted by atomic mass is 16.3. The molecule has 1 atom stereocenters. The standard InChI is InChI=1S/C11H10N2O/c1-2-3-10(14)9-6-8-4-5-12-11(8)13-7-9/h1,4-7,10,14H,3H2,(H,12,13). The highest BCUT2D eigenvalue weighted by Crippen LogP contribution is 2.19. The topological polar surface area (TPSA) is 48.9 Å². The predicted molar refractivity (Wildman–Crippen MR) is 54.5 cm³/mol. The van der Waals surface area contributed by atoms with Crippen molar-refractivity contribution in [2.75, 3.05) is 0 Å². The molecule has 2 rings (SSSR count). The number of pyridine rings is 1. The SMILES string of the molecule is C#CCC(O)c1cnc2[nH]ccc2c1. The number of H-pyrrole nitrogens is 1. The quantitative estimate of drug-likeness (QED) is 0.700. The molecule has 3 heteroatoms. The van der Waals surface area contributed by atoms with Crippen LogP contribution >= 0.6 is 0 Å². The van der Waals surface area contributed by atoms with Crippen molar-refractivity contribution < 1.29 is 5.11 Å². The maximum atomic E-state index is 9.62. The number of hydrogen-bond donors (Lipinski definition) is 2. The van der Waals surface area contributed by atoms with E-state index in [2.05, 4.69) is 15.9 Å². The molecule has 70 valence electrons. The van der Waals surface area contributed by atoms with Gasteiger partial charge in [0.1, 0.15) is 5.65 Å². The maximum Gasteiger partial charge on any atom is 0.137 e. The molecule has 3 nitrogen and oxygen atoms in total. The number of nitrogens with one attached hydrogen (secondary N) is 1. The summed E-state index contributed by atoms with van der Waals surface area (Å²) < 4.78 is 0. The Morgan fingerprint density at radius 3 is 3.29 bits per heavy atom. The molecule has 0 aliphatic carbocycles. The normalized spacial score (nSPS) is 12.6. The lowest BCUT2D eigenvalue weighted by Crippen LogP contribution is -1.96. The van der Waals surface area contributed by atoms with E-state index in [4.69, 9.17) is 6.42 Å².